The lowest BCUT2D eigenvalue weighted by Crippen LogP contribution is -2.08. The van der Waals surface area contributed by atoms with Gasteiger partial charge in [-0.15, -0.1) is 34.0 Å². The maximum absolute atomic E-state index is 5.44. The minimum atomic E-state index is 0. The number of imidazole rings is 1. The number of nitrogens with two attached hydrogens (primary N) is 1. The van der Waals surface area contributed by atoms with E-state index in [4.69, 9.17) is 5.73 Å². The Morgan fingerprint density at radius 1 is 1.43 bits per heavy atom. The Kier molecular flexibility index (Phi) is 9.98. The summed E-state index contributed by atoms with van der Waals surface area (Å²) in [6, 6.07) is 0. The largest absolute Gasteiger partial charge is 0.335 e. The Bertz CT molecular complexity index is 236. The zero-order chi connectivity index (χ0) is 8.97. The van der Waals surface area contributed by atoms with Crippen molar-refractivity contribution >= 4 is 34.0 Å². The van der Waals surface area contributed by atoms with Crippen LogP contribution in [0.2, 0.25) is 0 Å². The van der Waals surface area contributed by atoms with E-state index < -0.39 is 0 Å². The second kappa shape index (κ2) is 8.44. The molecule has 0 aliphatic carbocycles. The van der Waals surface area contributed by atoms with Crippen molar-refractivity contribution in [3.63, 3.8) is 0 Å². The monoisotopic (exact) mass is 327 g/mol. The molecule has 1 heterocycles. The topological polar surface area (TPSA) is 43.8 Å². The highest BCUT2D eigenvalue weighted by Crippen LogP contribution is 2.11. The van der Waals surface area contributed by atoms with Gasteiger partial charge < -0.3 is 10.3 Å². The van der Waals surface area contributed by atoms with Crippen molar-refractivity contribution in [2.24, 2.45) is 5.73 Å². The van der Waals surface area contributed by atoms with Gasteiger partial charge in [0.25, 0.3) is 0 Å². The molecule has 0 unspecified atom stereocenters. The molecule has 0 fully saturated rings. The lowest BCUT2D eigenvalue weighted by atomic mass is 10.2. The first-order valence-corrected chi connectivity index (χ1v) is 4.46. The fourth-order valence-electron chi connectivity index (χ4n) is 1.27. The second-order valence-corrected chi connectivity index (χ2v) is 3.28. The summed E-state index contributed by atoms with van der Waals surface area (Å²) in [5.41, 5.74) is 5.44. The predicted octanol–water partition coefficient (Wildman–Crippen LogP) is 2.51. The second-order valence-electron chi connectivity index (χ2n) is 3.28. The molecule has 0 atom stereocenters. The van der Waals surface area contributed by atoms with Crippen molar-refractivity contribution in [2.45, 2.75) is 32.7 Å². The lowest BCUT2D eigenvalue weighted by Gasteiger charge is -2.08. The van der Waals surface area contributed by atoms with Crippen LogP contribution in [-0.4, -0.2) is 16.1 Å². The van der Waals surface area contributed by atoms with Crippen LogP contribution in [0.3, 0.4) is 0 Å². The van der Waals surface area contributed by atoms with Gasteiger partial charge in [0.05, 0.1) is 0 Å². The Morgan fingerprint density at radius 2 is 2.07 bits per heavy atom. The molecule has 5 heteroatoms. The zero-order valence-electron chi connectivity index (χ0n) is 8.64. The van der Waals surface area contributed by atoms with Crippen LogP contribution in [0.4, 0.5) is 0 Å². The Balaban J connectivity index is 0. The van der Waals surface area contributed by atoms with E-state index in [-0.39, 0.29) is 34.0 Å². The van der Waals surface area contributed by atoms with E-state index in [1.165, 1.54) is 0 Å². The minimum Gasteiger partial charge on any atom is -0.335 e. The predicted molar refractivity (Wildman–Crippen MR) is 70.6 cm³/mol. The van der Waals surface area contributed by atoms with Gasteiger partial charge in [0.15, 0.2) is 0 Å². The molecule has 0 amide bonds. The molecular weight excluding hydrogens is 310 g/mol. The third-order valence-corrected chi connectivity index (χ3v) is 1.87. The Hall–Kier alpha value is 0.130. The van der Waals surface area contributed by atoms with Gasteiger partial charge in [0.2, 0.25) is 0 Å². The van der Waals surface area contributed by atoms with Crippen molar-refractivity contribution < 1.29 is 0 Å². The van der Waals surface area contributed by atoms with E-state index in [1.807, 2.05) is 12.4 Å². The highest BCUT2D eigenvalue weighted by atomic mass is 79.9. The average Bonchev–Trinajstić information content (AvgIpc) is 2.48. The van der Waals surface area contributed by atoms with Crippen molar-refractivity contribution in [1.82, 2.24) is 9.55 Å². The number of hydrogen-bond acceptors (Lipinski definition) is 2. The van der Waals surface area contributed by atoms with E-state index >= 15 is 0 Å². The third-order valence-electron chi connectivity index (χ3n) is 1.87. The van der Waals surface area contributed by atoms with Crippen molar-refractivity contribution in [2.75, 3.05) is 6.54 Å². The molecule has 0 aromatic carbocycles. The van der Waals surface area contributed by atoms with Crippen LogP contribution in [0.1, 0.15) is 32.0 Å². The van der Waals surface area contributed by atoms with Crippen LogP contribution >= 0.6 is 34.0 Å². The normalized spacial score (nSPS) is 9.43. The van der Waals surface area contributed by atoms with Gasteiger partial charge in [0.1, 0.15) is 5.82 Å². The van der Waals surface area contributed by atoms with E-state index in [9.17, 15) is 0 Å². The van der Waals surface area contributed by atoms with Crippen LogP contribution in [0.15, 0.2) is 12.4 Å². The molecule has 2 N–H and O–H groups in total. The molecule has 84 valence electrons. The molecular formula is C9H19Br2N3. The molecule has 0 spiro atoms. The number of rotatable bonds is 4. The van der Waals surface area contributed by atoms with Crippen LogP contribution in [-0.2, 0) is 6.54 Å². The standard InChI is InChI=1S/C9H17N3.2BrH/c1-8(2)9-11-5-7-12(9)6-3-4-10;;/h5,7-8H,3-4,6,10H2,1-2H3;2*1H. The van der Waals surface area contributed by atoms with Crippen molar-refractivity contribution in [3.05, 3.63) is 18.2 Å². The summed E-state index contributed by atoms with van der Waals surface area (Å²) in [6.45, 7) is 6.04. The zero-order valence-corrected chi connectivity index (χ0v) is 12.1. The van der Waals surface area contributed by atoms with Crippen LogP contribution < -0.4 is 5.73 Å². The fourth-order valence-corrected chi connectivity index (χ4v) is 1.27. The molecule has 0 saturated heterocycles. The van der Waals surface area contributed by atoms with E-state index in [0.29, 0.717) is 5.92 Å². The van der Waals surface area contributed by atoms with E-state index in [2.05, 4.69) is 23.4 Å². The molecule has 0 aliphatic rings. The number of aromatic nitrogens is 2. The summed E-state index contributed by atoms with van der Waals surface area (Å²) in [5, 5.41) is 0. The van der Waals surface area contributed by atoms with Gasteiger partial charge >= 0.3 is 0 Å². The summed E-state index contributed by atoms with van der Waals surface area (Å²) in [6.07, 6.45) is 4.90. The summed E-state index contributed by atoms with van der Waals surface area (Å²) in [5.74, 6) is 1.65. The highest BCUT2D eigenvalue weighted by Gasteiger charge is 2.05. The molecule has 1 aromatic rings. The van der Waals surface area contributed by atoms with Gasteiger partial charge in [-0.3, -0.25) is 0 Å². The molecule has 14 heavy (non-hydrogen) atoms. The van der Waals surface area contributed by atoms with Gasteiger partial charge in [-0.25, -0.2) is 4.98 Å². The molecule has 0 saturated carbocycles. The van der Waals surface area contributed by atoms with Gasteiger partial charge in [0, 0.05) is 24.9 Å². The first kappa shape index (κ1) is 16.6. The molecule has 3 nitrogen and oxygen atoms in total. The average molecular weight is 329 g/mol. The van der Waals surface area contributed by atoms with Gasteiger partial charge in [-0.05, 0) is 13.0 Å². The SMILES string of the molecule is Br.Br.CC(C)c1nccn1CCCN. The fraction of sp³-hybridized carbons (Fsp3) is 0.667. The number of aryl methyl sites for hydroxylation is 1. The number of halogens is 2. The van der Waals surface area contributed by atoms with Crippen LogP contribution in [0.25, 0.3) is 0 Å². The maximum Gasteiger partial charge on any atom is 0.111 e. The molecule has 0 radical (unpaired) electrons. The molecule has 0 bridgehead atoms. The van der Waals surface area contributed by atoms with Crippen molar-refractivity contribution in [3.8, 4) is 0 Å². The summed E-state index contributed by atoms with van der Waals surface area (Å²) in [7, 11) is 0. The molecule has 1 aromatic heterocycles. The van der Waals surface area contributed by atoms with E-state index in [1.54, 1.807) is 0 Å². The van der Waals surface area contributed by atoms with Gasteiger partial charge in [-0.2, -0.15) is 0 Å². The molecule has 0 aliphatic heterocycles. The van der Waals surface area contributed by atoms with E-state index in [0.717, 1.165) is 25.3 Å². The molecule has 1 rings (SSSR count). The van der Waals surface area contributed by atoms with Crippen molar-refractivity contribution in [1.29, 1.82) is 0 Å². The first-order chi connectivity index (χ1) is 5.75. The quantitative estimate of drug-likeness (QED) is 0.923. The third kappa shape index (κ3) is 4.57. The summed E-state index contributed by atoms with van der Waals surface area (Å²) >= 11 is 0. The Labute approximate surface area is 107 Å². The number of nitrogens with zero attached hydrogens (tertiary/aromatic N) is 2. The smallest absolute Gasteiger partial charge is 0.111 e. The first-order valence-electron chi connectivity index (χ1n) is 4.46. The maximum atomic E-state index is 5.44. The Morgan fingerprint density at radius 3 is 2.57 bits per heavy atom. The number of hydrogen-bond donors (Lipinski definition) is 1. The van der Waals surface area contributed by atoms with Crippen LogP contribution in [0, 0.1) is 0 Å². The van der Waals surface area contributed by atoms with Crippen LogP contribution in [0.5, 0.6) is 0 Å². The lowest BCUT2D eigenvalue weighted by molar-refractivity contribution is 0.594. The summed E-state index contributed by atoms with van der Waals surface area (Å²) in [4.78, 5) is 4.29. The minimum absolute atomic E-state index is 0. The summed E-state index contributed by atoms with van der Waals surface area (Å²) < 4.78 is 2.18. The highest BCUT2D eigenvalue weighted by molar-refractivity contribution is 8.93. The van der Waals surface area contributed by atoms with Gasteiger partial charge in [-0.1, -0.05) is 13.8 Å².